The fourth-order valence-electron chi connectivity index (χ4n) is 0.428. The van der Waals surface area contributed by atoms with Gasteiger partial charge < -0.3 is 0 Å². The number of carboxylic acid groups (broad SMARTS) is 2. The van der Waals surface area contributed by atoms with Crippen LogP contribution in [0, 0.1) is 0 Å². The SMILES string of the molecule is O=C(O)CN[C@@H](C[Se])C(=O)O. The number of aliphatic carboxylic acids is 2. The average Bonchev–Trinajstić information content (AvgIpc) is 1.87. The van der Waals surface area contributed by atoms with Crippen LogP contribution in [0.2, 0.25) is 5.32 Å². The van der Waals surface area contributed by atoms with E-state index in [0.29, 0.717) is 0 Å². The summed E-state index contributed by atoms with van der Waals surface area (Å²) in [6.45, 7) is -0.335. The summed E-state index contributed by atoms with van der Waals surface area (Å²) in [5.74, 6) is -2.12. The van der Waals surface area contributed by atoms with Crippen LogP contribution in [-0.4, -0.2) is 50.8 Å². The molecule has 0 heterocycles. The van der Waals surface area contributed by atoms with E-state index in [9.17, 15) is 9.59 Å². The van der Waals surface area contributed by atoms with E-state index in [1.54, 1.807) is 0 Å². The fourth-order valence-corrected chi connectivity index (χ4v) is 0.974. The van der Waals surface area contributed by atoms with E-state index >= 15 is 0 Å². The summed E-state index contributed by atoms with van der Waals surface area (Å²) < 4.78 is 0. The van der Waals surface area contributed by atoms with Gasteiger partial charge in [-0.2, -0.15) is 0 Å². The molecule has 0 saturated carbocycles. The van der Waals surface area contributed by atoms with Gasteiger partial charge in [0.25, 0.3) is 0 Å². The van der Waals surface area contributed by atoms with Crippen LogP contribution in [0.25, 0.3) is 0 Å². The molecule has 0 aromatic heterocycles. The summed E-state index contributed by atoms with van der Waals surface area (Å²) in [5, 5.41) is 19.2. The summed E-state index contributed by atoms with van der Waals surface area (Å²) >= 11 is 2.51. The average molecular weight is 225 g/mol. The van der Waals surface area contributed by atoms with Gasteiger partial charge in [-0.3, -0.25) is 0 Å². The first-order chi connectivity index (χ1) is 5.07. The zero-order valence-electron chi connectivity index (χ0n) is 5.61. The van der Waals surface area contributed by atoms with E-state index in [4.69, 9.17) is 10.2 Å². The Balaban J connectivity index is 3.70. The molecule has 0 spiro atoms. The van der Waals surface area contributed by atoms with Gasteiger partial charge in [0.1, 0.15) is 0 Å². The number of carbonyl (C=O) groups is 2. The minimum atomic E-state index is -1.07. The van der Waals surface area contributed by atoms with Crippen LogP contribution >= 0.6 is 0 Å². The predicted octanol–water partition coefficient (Wildman–Crippen LogP) is -1.30. The molecule has 3 N–H and O–H groups in total. The monoisotopic (exact) mass is 226 g/mol. The van der Waals surface area contributed by atoms with Crippen LogP contribution in [0.1, 0.15) is 0 Å². The standard InChI is InChI=1S/C5H8NO4Se/c7-4(8)1-6-3(2-11)5(9)10/h3,6H,1-2H2,(H,7,8)(H,9,10)/t3-/m0/s1. The number of carboxylic acids is 2. The van der Waals surface area contributed by atoms with Gasteiger partial charge in [-0.1, -0.05) is 0 Å². The summed E-state index contributed by atoms with van der Waals surface area (Å²) in [5.41, 5.74) is 0. The molecule has 0 bridgehead atoms. The van der Waals surface area contributed by atoms with Gasteiger partial charge >= 0.3 is 71.0 Å². The van der Waals surface area contributed by atoms with Crippen molar-refractivity contribution in [3.05, 3.63) is 0 Å². The van der Waals surface area contributed by atoms with Gasteiger partial charge in [0.05, 0.1) is 0 Å². The summed E-state index contributed by atoms with van der Waals surface area (Å²) in [6, 6.07) is -0.814. The van der Waals surface area contributed by atoms with Crippen molar-refractivity contribution >= 4 is 28.0 Å². The molecule has 0 fully saturated rings. The van der Waals surface area contributed by atoms with Crippen molar-refractivity contribution in [2.75, 3.05) is 6.54 Å². The number of nitrogens with one attached hydrogen (secondary N) is 1. The molecule has 0 aliphatic heterocycles. The third kappa shape index (κ3) is 4.78. The number of rotatable bonds is 5. The van der Waals surface area contributed by atoms with E-state index in [0.717, 1.165) is 0 Å². The summed E-state index contributed by atoms with van der Waals surface area (Å²) in [7, 11) is 0. The fraction of sp³-hybridized carbons (Fsp3) is 0.600. The minimum absolute atomic E-state index is 0.253. The first kappa shape index (κ1) is 10.4. The Kier molecular flexibility index (Phi) is 4.85. The van der Waals surface area contributed by atoms with Crippen molar-refractivity contribution in [1.82, 2.24) is 5.32 Å². The molecule has 0 aliphatic carbocycles. The van der Waals surface area contributed by atoms with Crippen LogP contribution in [-0.2, 0) is 9.59 Å². The molecule has 0 aromatic rings. The molecular weight excluding hydrogens is 217 g/mol. The van der Waals surface area contributed by atoms with Gasteiger partial charge in [0.15, 0.2) is 0 Å². The van der Waals surface area contributed by atoms with E-state index < -0.39 is 18.0 Å². The topological polar surface area (TPSA) is 86.6 Å². The molecule has 11 heavy (non-hydrogen) atoms. The molecule has 0 saturated heterocycles. The van der Waals surface area contributed by atoms with Gasteiger partial charge in [-0.15, -0.1) is 0 Å². The van der Waals surface area contributed by atoms with E-state index in [1.165, 1.54) is 0 Å². The molecule has 63 valence electrons. The Labute approximate surface area is 71.6 Å². The third-order valence-corrected chi connectivity index (χ3v) is 1.66. The quantitative estimate of drug-likeness (QED) is 0.506. The Morgan fingerprint density at radius 3 is 2.27 bits per heavy atom. The summed E-state index contributed by atoms with van der Waals surface area (Å²) in [4.78, 5) is 20.2. The van der Waals surface area contributed by atoms with E-state index in [2.05, 4.69) is 21.3 Å². The second kappa shape index (κ2) is 5.12. The molecule has 0 unspecified atom stereocenters. The molecule has 5 nitrogen and oxygen atoms in total. The first-order valence-corrected chi connectivity index (χ1v) is 4.05. The van der Waals surface area contributed by atoms with Crippen molar-refractivity contribution in [2.45, 2.75) is 11.4 Å². The first-order valence-electron chi connectivity index (χ1n) is 2.84. The Bertz CT molecular complexity index is 161. The predicted molar refractivity (Wildman–Crippen MR) is 37.6 cm³/mol. The van der Waals surface area contributed by atoms with Gasteiger partial charge in [-0.25, -0.2) is 0 Å². The molecule has 0 rings (SSSR count). The zero-order chi connectivity index (χ0) is 8.85. The number of hydrogen-bond donors (Lipinski definition) is 3. The van der Waals surface area contributed by atoms with Crippen molar-refractivity contribution < 1.29 is 19.8 Å². The maximum absolute atomic E-state index is 10.3. The van der Waals surface area contributed by atoms with Crippen molar-refractivity contribution in [2.24, 2.45) is 0 Å². The Morgan fingerprint density at radius 1 is 1.45 bits per heavy atom. The Hall–Kier alpha value is -0.581. The van der Waals surface area contributed by atoms with E-state index in [-0.39, 0.29) is 11.9 Å². The second-order valence-corrected chi connectivity index (χ2v) is 2.53. The molecular formula is C5H8NO4Se. The molecule has 0 amide bonds. The maximum atomic E-state index is 10.3. The molecule has 1 atom stereocenters. The van der Waals surface area contributed by atoms with Crippen LogP contribution in [0.5, 0.6) is 0 Å². The van der Waals surface area contributed by atoms with Crippen molar-refractivity contribution in [1.29, 1.82) is 0 Å². The molecule has 6 heteroatoms. The molecule has 0 aliphatic rings. The van der Waals surface area contributed by atoms with Crippen LogP contribution in [0.4, 0.5) is 0 Å². The van der Waals surface area contributed by atoms with E-state index in [1.807, 2.05) is 0 Å². The van der Waals surface area contributed by atoms with Crippen molar-refractivity contribution in [3.8, 4) is 0 Å². The second-order valence-electron chi connectivity index (χ2n) is 1.83. The molecule has 1 radical (unpaired) electrons. The zero-order valence-corrected chi connectivity index (χ0v) is 7.32. The normalized spacial score (nSPS) is 12.5. The number of hydrogen-bond acceptors (Lipinski definition) is 3. The van der Waals surface area contributed by atoms with Gasteiger partial charge in [-0.05, 0) is 0 Å². The third-order valence-electron chi connectivity index (χ3n) is 0.964. The van der Waals surface area contributed by atoms with Crippen LogP contribution < -0.4 is 5.32 Å². The van der Waals surface area contributed by atoms with Gasteiger partial charge in [0, 0.05) is 0 Å². The van der Waals surface area contributed by atoms with Crippen molar-refractivity contribution in [3.63, 3.8) is 0 Å². The molecule has 0 aromatic carbocycles. The Morgan fingerprint density at radius 2 is 2.00 bits per heavy atom. The summed E-state index contributed by atoms with van der Waals surface area (Å²) in [6.07, 6.45) is 0. The van der Waals surface area contributed by atoms with Crippen LogP contribution in [0.3, 0.4) is 0 Å². The van der Waals surface area contributed by atoms with Gasteiger partial charge in [0.2, 0.25) is 0 Å². The van der Waals surface area contributed by atoms with Crippen LogP contribution in [0.15, 0.2) is 0 Å².